The molecule has 0 bridgehead atoms. The minimum atomic E-state index is -5.08. The number of carbonyl (C=O) groups is 4. The Labute approximate surface area is 265 Å². The number of aryl methyl sites for hydroxylation is 1. The van der Waals surface area contributed by atoms with Crippen LogP contribution < -0.4 is 0 Å². The van der Waals surface area contributed by atoms with Crippen molar-refractivity contribution in [1.82, 2.24) is 19.8 Å². The SMILES string of the molecule is Cc1cccc(C(=O)N2CCC3(CC2)CN(Cc2cccnc2)CCO3)n1.O=C(O)C(F)(F)F.O=C(O)C(F)(F)F.O=C(O)C(F)(F)F. The topological polar surface area (TPSA) is 170 Å². The summed E-state index contributed by atoms with van der Waals surface area (Å²) in [5.74, 6) is -8.25. The second kappa shape index (κ2) is 17.6. The van der Waals surface area contributed by atoms with Gasteiger partial charge in [-0.3, -0.25) is 14.7 Å². The van der Waals surface area contributed by atoms with Crippen LogP contribution in [0.25, 0.3) is 0 Å². The fraction of sp³-hybridized carbons (Fsp3) is 0.481. The van der Waals surface area contributed by atoms with E-state index in [9.17, 15) is 44.3 Å². The van der Waals surface area contributed by atoms with Crippen LogP contribution in [-0.4, -0.2) is 116 Å². The summed E-state index contributed by atoms with van der Waals surface area (Å²) in [5.41, 5.74) is 2.49. The minimum Gasteiger partial charge on any atom is -0.475 e. The van der Waals surface area contributed by atoms with Crippen molar-refractivity contribution in [2.75, 3.05) is 32.8 Å². The van der Waals surface area contributed by atoms with E-state index in [0.29, 0.717) is 5.69 Å². The summed E-state index contributed by atoms with van der Waals surface area (Å²) in [6, 6.07) is 9.70. The summed E-state index contributed by atoms with van der Waals surface area (Å²) in [6.07, 6.45) is -9.78. The zero-order chi connectivity index (χ0) is 36.9. The fourth-order valence-electron chi connectivity index (χ4n) is 4.05. The van der Waals surface area contributed by atoms with Gasteiger partial charge in [-0.15, -0.1) is 0 Å². The molecule has 21 heteroatoms. The van der Waals surface area contributed by atoms with E-state index in [1.807, 2.05) is 36.2 Å². The number of carboxylic acid groups (broad SMARTS) is 3. The molecule has 4 rings (SSSR count). The first-order valence-electron chi connectivity index (χ1n) is 13.4. The predicted molar refractivity (Wildman–Crippen MR) is 143 cm³/mol. The molecule has 48 heavy (non-hydrogen) atoms. The highest BCUT2D eigenvalue weighted by Crippen LogP contribution is 2.31. The summed E-state index contributed by atoms with van der Waals surface area (Å²) in [6.45, 7) is 6.83. The number of pyridine rings is 2. The Balaban J connectivity index is 0.000000448. The zero-order valence-electron chi connectivity index (χ0n) is 24.8. The smallest absolute Gasteiger partial charge is 0.475 e. The van der Waals surface area contributed by atoms with E-state index in [1.165, 1.54) is 5.56 Å². The highest BCUT2D eigenvalue weighted by atomic mass is 19.4. The number of nitrogens with zero attached hydrogens (tertiary/aromatic N) is 4. The first kappa shape index (κ1) is 41.5. The van der Waals surface area contributed by atoms with Gasteiger partial charge in [-0.1, -0.05) is 12.1 Å². The summed E-state index contributed by atoms with van der Waals surface area (Å²) < 4.78 is 101. The Bertz CT molecular complexity index is 1310. The molecule has 0 saturated carbocycles. The second-order valence-corrected chi connectivity index (χ2v) is 9.97. The third-order valence-electron chi connectivity index (χ3n) is 6.25. The Kier molecular flexibility index (Phi) is 15.2. The van der Waals surface area contributed by atoms with Crippen LogP contribution in [0.3, 0.4) is 0 Å². The van der Waals surface area contributed by atoms with Crippen molar-refractivity contribution in [3.05, 3.63) is 59.7 Å². The summed E-state index contributed by atoms with van der Waals surface area (Å²) in [4.78, 5) is 52.4. The highest BCUT2D eigenvalue weighted by molar-refractivity contribution is 5.92. The maximum absolute atomic E-state index is 12.7. The lowest BCUT2D eigenvalue weighted by molar-refractivity contribution is -0.193. The molecule has 2 aromatic rings. The van der Waals surface area contributed by atoms with Gasteiger partial charge in [-0.05, 0) is 43.5 Å². The highest BCUT2D eigenvalue weighted by Gasteiger charge is 2.41. The van der Waals surface area contributed by atoms with Crippen LogP contribution in [0.2, 0.25) is 0 Å². The third kappa shape index (κ3) is 14.9. The normalized spacial score (nSPS) is 16.2. The Morgan fingerprint density at radius 1 is 0.812 bits per heavy atom. The van der Waals surface area contributed by atoms with Crippen LogP contribution in [0.15, 0.2) is 42.7 Å². The lowest BCUT2D eigenvalue weighted by Gasteiger charge is -2.47. The number of rotatable bonds is 3. The first-order valence-corrected chi connectivity index (χ1v) is 13.4. The van der Waals surface area contributed by atoms with Gasteiger partial charge in [0.1, 0.15) is 5.69 Å². The number of hydrogen-bond donors (Lipinski definition) is 3. The van der Waals surface area contributed by atoms with Crippen LogP contribution in [0.4, 0.5) is 39.5 Å². The number of morpholine rings is 1. The molecule has 0 radical (unpaired) electrons. The molecule has 2 aliphatic heterocycles. The van der Waals surface area contributed by atoms with Gasteiger partial charge in [0.2, 0.25) is 0 Å². The monoisotopic (exact) mass is 708 g/mol. The van der Waals surface area contributed by atoms with Gasteiger partial charge in [-0.25, -0.2) is 19.4 Å². The van der Waals surface area contributed by atoms with Crippen molar-refractivity contribution in [2.45, 2.75) is 50.4 Å². The molecular weight excluding hydrogens is 679 g/mol. The number of carboxylic acids is 3. The molecule has 2 fully saturated rings. The van der Waals surface area contributed by atoms with Crippen LogP contribution in [-0.2, 0) is 25.7 Å². The standard InChI is InChI=1S/C21H26N4O2.3C2HF3O2/c1-17-4-2-6-19(23-17)20(26)25-10-7-21(8-11-25)16-24(12-13-27-21)15-18-5-3-9-22-14-18;3*3-2(4,5)1(6)7/h2-6,9,14H,7-8,10-13,15-16H2,1H3;3*(H,6,7). The molecule has 0 aliphatic carbocycles. The van der Waals surface area contributed by atoms with Gasteiger partial charge in [0.25, 0.3) is 5.91 Å². The number of piperidine rings is 1. The lowest BCUT2D eigenvalue weighted by atomic mass is 9.89. The first-order chi connectivity index (χ1) is 22.0. The van der Waals surface area contributed by atoms with E-state index < -0.39 is 36.4 Å². The van der Waals surface area contributed by atoms with E-state index in [-0.39, 0.29) is 11.5 Å². The number of aliphatic carboxylic acids is 3. The van der Waals surface area contributed by atoms with E-state index in [0.717, 1.165) is 57.9 Å². The van der Waals surface area contributed by atoms with Crippen molar-refractivity contribution in [1.29, 1.82) is 0 Å². The van der Waals surface area contributed by atoms with E-state index >= 15 is 0 Å². The van der Waals surface area contributed by atoms with Crippen molar-refractivity contribution < 1.29 is 78.7 Å². The molecule has 4 heterocycles. The molecule has 1 amide bonds. The van der Waals surface area contributed by atoms with E-state index in [2.05, 4.69) is 20.9 Å². The van der Waals surface area contributed by atoms with Crippen LogP contribution in [0.1, 0.15) is 34.6 Å². The van der Waals surface area contributed by atoms with Crippen molar-refractivity contribution in [3.63, 3.8) is 0 Å². The van der Waals surface area contributed by atoms with Gasteiger partial charge in [-0.2, -0.15) is 39.5 Å². The van der Waals surface area contributed by atoms with Gasteiger partial charge < -0.3 is 25.0 Å². The van der Waals surface area contributed by atoms with Gasteiger partial charge in [0.05, 0.1) is 12.2 Å². The molecule has 1 spiro atoms. The number of hydrogen-bond acceptors (Lipinski definition) is 8. The third-order valence-corrected chi connectivity index (χ3v) is 6.25. The number of aromatic nitrogens is 2. The Hall–Kier alpha value is -4.53. The number of ether oxygens (including phenoxy) is 1. The molecule has 0 aromatic carbocycles. The Morgan fingerprint density at radius 3 is 1.73 bits per heavy atom. The maximum atomic E-state index is 12.7. The largest absolute Gasteiger partial charge is 0.490 e. The van der Waals surface area contributed by atoms with Crippen LogP contribution in [0, 0.1) is 6.92 Å². The lowest BCUT2D eigenvalue weighted by Crippen LogP contribution is -2.57. The molecule has 0 atom stereocenters. The van der Waals surface area contributed by atoms with Gasteiger partial charge in [0.15, 0.2) is 0 Å². The average molecular weight is 709 g/mol. The molecule has 3 N–H and O–H groups in total. The molecule has 2 aliphatic rings. The molecule has 268 valence electrons. The van der Waals surface area contributed by atoms with Gasteiger partial charge in [0, 0.05) is 50.8 Å². The summed E-state index contributed by atoms with van der Waals surface area (Å²) >= 11 is 0. The van der Waals surface area contributed by atoms with Crippen molar-refractivity contribution in [3.8, 4) is 0 Å². The van der Waals surface area contributed by atoms with E-state index in [1.54, 1.807) is 12.3 Å². The average Bonchev–Trinajstić information content (AvgIpc) is 2.97. The fourth-order valence-corrected chi connectivity index (χ4v) is 4.05. The number of amides is 1. The summed E-state index contributed by atoms with van der Waals surface area (Å²) in [5, 5.41) is 21.4. The second-order valence-electron chi connectivity index (χ2n) is 9.97. The number of carbonyl (C=O) groups excluding carboxylic acids is 1. The van der Waals surface area contributed by atoms with Crippen LogP contribution >= 0.6 is 0 Å². The van der Waals surface area contributed by atoms with Crippen molar-refractivity contribution >= 4 is 23.8 Å². The van der Waals surface area contributed by atoms with Crippen LogP contribution in [0.5, 0.6) is 0 Å². The maximum Gasteiger partial charge on any atom is 0.490 e. The quantitative estimate of drug-likeness (QED) is 0.391. The summed E-state index contributed by atoms with van der Waals surface area (Å²) in [7, 11) is 0. The molecule has 12 nitrogen and oxygen atoms in total. The molecule has 2 aromatic heterocycles. The number of halogens is 9. The van der Waals surface area contributed by atoms with Crippen molar-refractivity contribution in [2.24, 2.45) is 0 Å². The molecular formula is C27H29F9N4O8. The predicted octanol–water partition coefficient (Wildman–Crippen LogP) is 4.19. The molecule has 0 unspecified atom stereocenters. The number of alkyl halides is 9. The number of likely N-dealkylation sites (tertiary alicyclic amines) is 1. The zero-order valence-corrected chi connectivity index (χ0v) is 24.8. The molecule has 2 saturated heterocycles. The van der Waals surface area contributed by atoms with Gasteiger partial charge >= 0.3 is 36.4 Å². The van der Waals surface area contributed by atoms with E-state index in [4.69, 9.17) is 34.4 Å². The Morgan fingerprint density at radius 2 is 1.31 bits per heavy atom. The minimum absolute atomic E-state index is 0.0246.